The van der Waals surface area contributed by atoms with Crippen LogP contribution < -0.4 is 10.4 Å². The molecule has 0 fully saturated rings. The zero-order valence-corrected chi connectivity index (χ0v) is 11.2. The summed E-state index contributed by atoms with van der Waals surface area (Å²) in [5, 5.41) is 9.61. The van der Waals surface area contributed by atoms with Crippen molar-refractivity contribution in [2.75, 3.05) is 7.11 Å². The van der Waals surface area contributed by atoms with Crippen molar-refractivity contribution in [2.24, 2.45) is 0 Å². The van der Waals surface area contributed by atoms with Crippen LogP contribution in [-0.4, -0.2) is 22.2 Å². The van der Waals surface area contributed by atoms with E-state index < -0.39 is 5.69 Å². The molecule has 3 aromatic rings. The average Bonchev–Trinajstić information content (AvgIpc) is 3.01. The molecule has 0 amide bonds. The molecule has 6 heteroatoms. The molecule has 0 aliphatic heterocycles. The van der Waals surface area contributed by atoms with Crippen molar-refractivity contribution >= 4 is 0 Å². The van der Waals surface area contributed by atoms with Gasteiger partial charge in [-0.2, -0.15) is 4.98 Å². The lowest BCUT2D eigenvalue weighted by atomic mass is 10.1. The van der Waals surface area contributed by atoms with E-state index in [-0.39, 0.29) is 5.75 Å². The zero-order valence-electron chi connectivity index (χ0n) is 11.2. The molecule has 0 aliphatic rings. The van der Waals surface area contributed by atoms with E-state index in [9.17, 15) is 9.90 Å². The Morgan fingerprint density at radius 1 is 1.29 bits per heavy atom. The number of H-pyrrole nitrogens is 1. The molecule has 0 radical (unpaired) electrons. The Morgan fingerprint density at radius 3 is 2.86 bits per heavy atom. The lowest BCUT2D eigenvalue weighted by molar-refractivity contribution is 0.373. The first kappa shape index (κ1) is 13.0. The van der Waals surface area contributed by atoms with Crippen LogP contribution in [0, 0.1) is 0 Å². The largest absolute Gasteiger partial charge is 0.504 e. The molecule has 0 saturated heterocycles. The summed E-state index contributed by atoms with van der Waals surface area (Å²) in [7, 11) is 1.46. The fourth-order valence-electron chi connectivity index (χ4n) is 2.01. The van der Waals surface area contributed by atoms with Crippen LogP contribution in [0.4, 0.5) is 0 Å². The molecular formula is C15H12N2O4. The van der Waals surface area contributed by atoms with Crippen molar-refractivity contribution in [3.63, 3.8) is 0 Å². The zero-order chi connectivity index (χ0) is 14.8. The standard InChI is InChI=1S/C15H12N2O4/c1-20-14-7-9(4-5-12(14)18)10-8-11(17-15(19)16-10)13-3-2-6-21-13/h2-8,18H,1H3,(H,16,17,19). The van der Waals surface area contributed by atoms with Gasteiger partial charge in [0.05, 0.1) is 24.8 Å². The molecule has 0 unspecified atom stereocenters. The van der Waals surface area contributed by atoms with E-state index >= 15 is 0 Å². The summed E-state index contributed by atoms with van der Waals surface area (Å²) in [6.45, 7) is 0. The first-order valence-electron chi connectivity index (χ1n) is 6.20. The molecule has 0 aliphatic carbocycles. The lowest BCUT2D eigenvalue weighted by Crippen LogP contribution is -2.11. The minimum Gasteiger partial charge on any atom is -0.504 e. The summed E-state index contributed by atoms with van der Waals surface area (Å²) in [6.07, 6.45) is 1.53. The van der Waals surface area contributed by atoms with Gasteiger partial charge >= 0.3 is 5.69 Å². The Morgan fingerprint density at radius 2 is 2.14 bits per heavy atom. The Bertz CT molecular complexity index is 822. The summed E-state index contributed by atoms with van der Waals surface area (Å²) < 4.78 is 10.3. The predicted octanol–water partition coefficient (Wildman–Crippen LogP) is 2.41. The number of ether oxygens (including phenoxy) is 1. The van der Waals surface area contributed by atoms with E-state index in [1.807, 2.05) is 0 Å². The van der Waals surface area contributed by atoms with Gasteiger partial charge in [0.2, 0.25) is 0 Å². The van der Waals surface area contributed by atoms with Crippen molar-refractivity contribution in [1.29, 1.82) is 0 Å². The minimum atomic E-state index is -0.481. The molecule has 106 valence electrons. The molecule has 0 atom stereocenters. The number of benzene rings is 1. The molecular weight excluding hydrogens is 272 g/mol. The molecule has 1 aromatic carbocycles. The molecule has 6 nitrogen and oxygen atoms in total. The number of phenols is 1. The molecule has 0 saturated carbocycles. The number of nitrogens with zero attached hydrogens (tertiary/aromatic N) is 1. The monoisotopic (exact) mass is 284 g/mol. The minimum absolute atomic E-state index is 0.0253. The number of nitrogens with one attached hydrogen (secondary N) is 1. The average molecular weight is 284 g/mol. The molecule has 0 spiro atoms. The third kappa shape index (κ3) is 2.51. The fourth-order valence-corrected chi connectivity index (χ4v) is 2.01. The maximum atomic E-state index is 11.7. The van der Waals surface area contributed by atoms with Crippen LogP contribution >= 0.6 is 0 Å². The maximum absolute atomic E-state index is 11.7. The Hall–Kier alpha value is -3.02. The van der Waals surface area contributed by atoms with Gasteiger partial charge in [-0.25, -0.2) is 4.79 Å². The highest BCUT2D eigenvalue weighted by molar-refractivity contribution is 5.67. The van der Waals surface area contributed by atoms with Crippen LogP contribution in [0.3, 0.4) is 0 Å². The number of phenolic OH excluding ortho intramolecular Hbond substituents is 1. The Balaban J connectivity index is 2.13. The van der Waals surface area contributed by atoms with Gasteiger partial charge in [-0.3, -0.25) is 0 Å². The fraction of sp³-hybridized carbons (Fsp3) is 0.0667. The first-order valence-corrected chi connectivity index (χ1v) is 6.20. The van der Waals surface area contributed by atoms with E-state index in [4.69, 9.17) is 9.15 Å². The SMILES string of the molecule is COc1cc(-c2cc(-c3ccco3)[nH]c(=O)n2)ccc1O. The third-order valence-electron chi connectivity index (χ3n) is 3.01. The Labute approximate surface area is 119 Å². The topological polar surface area (TPSA) is 88.4 Å². The summed E-state index contributed by atoms with van der Waals surface area (Å²) >= 11 is 0. The van der Waals surface area contributed by atoms with Crippen molar-refractivity contribution < 1.29 is 14.3 Å². The molecule has 21 heavy (non-hydrogen) atoms. The second-order valence-corrected chi connectivity index (χ2v) is 4.35. The van der Waals surface area contributed by atoms with Crippen LogP contribution in [0.2, 0.25) is 0 Å². The second-order valence-electron chi connectivity index (χ2n) is 4.35. The Kier molecular flexibility index (Phi) is 3.19. The number of hydrogen-bond acceptors (Lipinski definition) is 5. The molecule has 0 bridgehead atoms. The number of hydrogen-bond donors (Lipinski definition) is 2. The van der Waals surface area contributed by atoms with Crippen LogP contribution in [-0.2, 0) is 0 Å². The highest BCUT2D eigenvalue weighted by Gasteiger charge is 2.10. The van der Waals surface area contributed by atoms with Gasteiger partial charge < -0.3 is 19.2 Å². The quantitative estimate of drug-likeness (QED) is 0.771. The van der Waals surface area contributed by atoms with E-state index in [0.717, 1.165) is 0 Å². The third-order valence-corrected chi connectivity index (χ3v) is 3.01. The first-order chi connectivity index (χ1) is 10.2. The van der Waals surface area contributed by atoms with Gasteiger partial charge in [0, 0.05) is 5.56 Å². The van der Waals surface area contributed by atoms with Crippen LogP contribution in [0.5, 0.6) is 11.5 Å². The number of aromatic nitrogens is 2. The van der Waals surface area contributed by atoms with E-state index in [2.05, 4.69) is 9.97 Å². The van der Waals surface area contributed by atoms with Crippen LogP contribution in [0.15, 0.2) is 51.9 Å². The highest BCUT2D eigenvalue weighted by atomic mass is 16.5. The predicted molar refractivity (Wildman–Crippen MR) is 76.2 cm³/mol. The lowest BCUT2D eigenvalue weighted by Gasteiger charge is -2.07. The normalized spacial score (nSPS) is 10.5. The number of rotatable bonds is 3. The number of methoxy groups -OCH3 is 1. The van der Waals surface area contributed by atoms with Crippen LogP contribution in [0.25, 0.3) is 22.7 Å². The molecule has 2 heterocycles. The molecule has 3 rings (SSSR count). The number of aromatic hydroxyl groups is 1. The number of aromatic amines is 1. The van der Waals surface area contributed by atoms with E-state index in [1.165, 1.54) is 19.4 Å². The number of furan rings is 1. The van der Waals surface area contributed by atoms with Gasteiger partial charge in [0.25, 0.3) is 0 Å². The summed E-state index contributed by atoms with van der Waals surface area (Å²) in [5.41, 5.74) is 1.17. The van der Waals surface area contributed by atoms with E-state index in [1.54, 1.807) is 30.3 Å². The van der Waals surface area contributed by atoms with Crippen LogP contribution in [0.1, 0.15) is 0 Å². The van der Waals surface area contributed by atoms with Crippen molar-refractivity contribution in [1.82, 2.24) is 9.97 Å². The van der Waals surface area contributed by atoms with Gasteiger partial charge in [-0.05, 0) is 36.4 Å². The van der Waals surface area contributed by atoms with E-state index in [0.29, 0.717) is 28.5 Å². The smallest absolute Gasteiger partial charge is 0.346 e. The van der Waals surface area contributed by atoms with Gasteiger partial charge in [-0.15, -0.1) is 0 Å². The van der Waals surface area contributed by atoms with Gasteiger partial charge in [-0.1, -0.05) is 0 Å². The molecule has 2 aromatic heterocycles. The maximum Gasteiger partial charge on any atom is 0.346 e. The second kappa shape index (κ2) is 5.16. The molecule has 2 N–H and O–H groups in total. The highest BCUT2D eigenvalue weighted by Crippen LogP contribution is 2.31. The van der Waals surface area contributed by atoms with Gasteiger partial charge in [0.15, 0.2) is 11.5 Å². The van der Waals surface area contributed by atoms with Crippen molar-refractivity contribution in [2.45, 2.75) is 0 Å². The van der Waals surface area contributed by atoms with Crippen molar-refractivity contribution in [3.05, 3.63) is 53.1 Å². The van der Waals surface area contributed by atoms with Crippen molar-refractivity contribution in [3.8, 4) is 34.2 Å². The van der Waals surface area contributed by atoms with Gasteiger partial charge in [0.1, 0.15) is 5.76 Å². The summed E-state index contributed by atoms with van der Waals surface area (Å²) in [4.78, 5) is 18.3. The summed E-state index contributed by atoms with van der Waals surface area (Å²) in [6, 6.07) is 9.94. The summed E-state index contributed by atoms with van der Waals surface area (Å²) in [5.74, 6) is 0.882.